The van der Waals surface area contributed by atoms with E-state index in [0.29, 0.717) is 11.4 Å². The zero-order valence-electron chi connectivity index (χ0n) is 15.5. The summed E-state index contributed by atoms with van der Waals surface area (Å²) in [6.07, 6.45) is 4.61. The molecule has 2 aromatic rings. The van der Waals surface area contributed by atoms with Gasteiger partial charge in [-0.05, 0) is 36.0 Å². The van der Waals surface area contributed by atoms with Gasteiger partial charge in [-0.15, -0.1) is 0 Å². The van der Waals surface area contributed by atoms with Crippen LogP contribution in [0.4, 0.5) is 16.3 Å². The molecule has 0 aliphatic heterocycles. The first-order valence-corrected chi connectivity index (χ1v) is 8.28. The molecule has 1 heterocycles. The van der Waals surface area contributed by atoms with E-state index in [0.717, 1.165) is 18.4 Å². The number of nitrogens with one attached hydrogen (secondary N) is 2. The van der Waals surface area contributed by atoms with Gasteiger partial charge in [0.2, 0.25) is 0 Å². The van der Waals surface area contributed by atoms with E-state index in [4.69, 9.17) is 10.00 Å². The van der Waals surface area contributed by atoms with Crippen LogP contribution in [0.2, 0.25) is 0 Å². The predicted octanol–water partition coefficient (Wildman–Crippen LogP) is 3.98. The molecule has 2 N–H and O–H groups in total. The lowest BCUT2D eigenvalue weighted by atomic mass is 9.88. The van der Waals surface area contributed by atoms with Gasteiger partial charge in [-0.3, -0.25) is 5.32 Å². The maximum Gasteiger partial charge on any atom is 0.324 e. The minimum absolute atomic E-state index is 0.184. The third-order valence-corrected chi connectivity index (χ3v) is 3.69. The Bertz CT molecular complexity index is 804. The van der Waals surface area contributed by atoms with Gasteiger partial charge in [0.05, 0.1) is 25.2 Å². The molecule has 0 fully saturated rings. The number of carbonyl (C=O) groups excluding carboxylic acids is 1. The molecule has 0 unspecified atom stereocenters. The van der Waals surface area contributed by atoms with Crippen molar-refractivity contribution in [1.82, 2.24) is 9.97 Å². The van der Waals surface area contributed by atoms with Gasteiger partial charge in [0.25, 0.3) is 0 Å². The van der Waals surface area contributed by atoms with Crippen molar-refractivity contribution < 1.29 is 9.53 Å². The van der Waals surface area contributed by atoms with Crippen LogP contribution < -0.4 is 15.4 Å². The highest BCUT2D eigenvalue weighted by molar-refractivity contribution is 6.00. The van der Waals surface area contributed by atoms with Crippen LogP contribution in [0.25, 0.3) is 0 Å². The number of anilines is 2. The molecular formula is C19H23N5O2. The van der Waals surface area contributed by atoms with E-state index in [1.807, 2.05) is 24.3 Å². The molecule has 0 atom stereocenters. The first kappa shape index (κ1) is 19.2. The number of rotatable bonds is 5. The fraction of sp³-hybridized carbons (Fsp3) is 0.368. The van der Waals surface area contributed by atoms with Gasteiger partial charge in [0.1, 0.15) is 11.8 Å². The minimum Gasteiger partial charge on any atom is -0.495 e. The Morgan fingerprint density at radius 2 is 2.00 bits per heavy atom. The van der Waals surface area contributed by atoms with Crippen molar-refractivity contribution in [2.75, 3.05) is 17.7 Å². The summed E-state index contributed by atoms with van der Waals surface area (Å²) in [5, 5.41) is 14.0. The zero-order chi connectivity index (χ0) is 19.2. The van der Waals surface area contributed by atoms with E-state index in [9.17, 15) is 4.79 Å². The van der Waals surface area contributed by atoms with Crippen molar-refractivity contribution >= 4 is 17.5 Å². The summed E-state index contributed by atoms with van der Waals surface area (Å²) in [6, 6.07) is 7.13. The molecule has 0 radical (unpaired) electrons. The number of hydrogen-bond acceptors (Lipinski definition) is 5. The molecule has 0 aliphatic rings. The van der Waals surface area contributed by atoms with Crippen LogP contribution in [0.5, 0.6) is 5.75 Å². The third-order valence-electron chi connectivity index (χ3n) is 3.69. The summed E-state index contributed by atoms with van der Waals surface area (Å²) in [6.45, 7) is 6.61. The average molecular weight is 353 g/mol. The molecule has 2 rings (SSSR count). The molecule has 2 amide bonds. The molecule has 0 saturated carbocycles. The van der Waals surface area contributed by atoms with E-state index in [1.165, 1.54) is 12.4 Å². The molecule has 1 aromatic heterocycles. The lowest BCUT2D eigenvalue weighted by molar-refractivity contribution is 0.262. The van der Waals surface area contributed by atoms with Gasteiger partial charge >= 0.3 is 6.03 Å². The molecule has 0 bridgehead atoms. The van der Waals surface area contributed by atoms with Gasteiger partial charge < -0.3 is 10.1 Å². The molecule has 136 valence electrons. The van der Waals surface area contributed by atoms with Crippen molar-refractivity contribution in [3.05, 3.63) is 41.9 Å². The Kier molecular flexibility index (Phi) is 6.12. The van der Waals surface area contributed by atoms with E-state index in [-0.39, 0.29) is 16.9 Å². The predicted molar refractivity (Wildman–Crippen MR) is 100 cm³/mol. The SMILES string of the molecule is COc1cc(CCC(C)(C)C)ccc1NC(=O)Nc1cnc(C#N)cn1. The summed E-state index contributed by atoms with van der Waals surface area (Å²) in [4.78, 5) is 19.9. The Morgan fingerprint density at radius 1 is 1.23 bits per heavy atom. The second kappa shape index (κ2) is 8.30. The number of urea groups is 1. The van der Waals surface area contributed by atoms with Crippen LogP contribution in [0, 0.1) is 16.7 Å². The smallest absolute Gasteiger partial charge is 0.324 e. The standard InChI is InChI=1S/C19H23N5O2/c1-19(2,3)8-7-13-5-6-15(16(9-13)26-4)23-18(25)24-17-12-21-14(10-20)11-22-17/h5-6,9,11-12H,7-8H2,1-4H3,(H2,22,23,24,25). The second-order valence-electron chi connectivity index (χ2n) is 7.07. The number of methoxy groups -OCH3 is 1. The number of nitrogens with zero attached hydrogens (tertiary/aromatic N) is 3. The maximum atomic E-state index is 12.1. The monoisotopic (exact) mass is 353 g/mol. The fourth-order valence-electron chi connectivity index (χ4n) is 2.23. The summed E-state index contributed by atoms with van der Waals surface area (Å²) in [5.74, 6) is 0.847. The Balaban J connectivity index is 2.03. The maximum absolute atomic E-state index is 12.1. The van der Waals surface area contributed by atoms with Crippen molar-refractivity contribution in [2.45, 2.75) is 33.6 Å². The number of benzene rings is 1. The van der Waals surface area contributed by atoms with Crippen LogP contribution in [0.15, 0.2) is 30.6 Å². The Morgan fingerprint density at radius 3 is 2.58 bits per heavy atom. The number of hydrogen-bond donors (Lipinski definition) is 2. The van der Waals surface area contributed by atoms with Gasteiger partial charge in [-0.25, -0.2) is 14.8 Å². The normalized spacial score (nSPS) is 10.7. The molecule has 0 saturated heterocycles. The lowest BCUT2D eigenvalue weighted by Crippen LogP contribution is -2.20. The summed E-state index contributed by atoms with van der Waals surface area (Å²) in [5.41, 5.74) is 2.15. The van der Waals surface area contributed by atoms with Gasteiger partial charge in [-0.2, -0.15) is 5.26 Å². The van der Waals surface area contributed by atoms with Crippen molar-refractivity contribution in [3.8, 4) is 11.8 Å². The molecular weight excluding hydrogens is 330 g/mol. The van der Waals surface area contributed by atoms with Crippen LogP contribution in [-0.4, -0.2) is 23.1 Å². The van der Waals surface area contributed by atoms with E-state index < -0.39 is 6.03 Å². The molecule has 7 heteroatoms. The molecule has 0 spiro atoms. The van der Waals surface area contributed by atoms with Crippen molar-refractivity contribution in [3.63, 3.8) is 0 Å². The van der Waals surface area contributed by atoms with E-state index in [2.05, 4.69) is 41.4 Å². The Labute approximate surface area is 153 Å². The first-order valence-electron chi connectivity index (χ1n) is 8.28. The highest BCUT2D eigenvalue weighted by Crippen LogP contribution is 2.28. The molecule has 0 aliphatic carbocycles. The molecule has 26 heavy (non-hydrogen) atoms. The largest absolute Gasteiger partial charge is 0.495 e. The van der Waals surface area contributed by atoms with E-state index in [1.54, 1.807) is 7.11 Å². The van der Waals surface area contributed by atoms with Gasteiger partial charge in [0.15, 0.2) is 11.5 Å². The number of carbonyl (C=O) groups is 1. The highest BCUT2D eigenvalue weighted by atomic mass is 16.5. The zero-order valence-corrected chi connectivity index (χ0v) is 15.5. The van der Waals surface area contributed by atoms with Gasteiger partial charge in [0, 0.05) is 0 Å². The minimum atomic E-state index is -0.468. The highest BCUT2D eigenvalue weighted by Gasteiger charge is 2.13. The van der Waals surface area contributed by atoms with Crippen molar-refractivity contribution in [2.24, 2.45) is 5.41 Å². The molecule has 1 aromatic carbocycles. The van der Waals surface area contributed by atoms with Crippen LogP contribution >= 0.6 is 0 Å². The number of amides is 2. The summed E-state index contributed by atoms with van der Waals surface area (Å²) < 4.78 is 5.39. The topological polar surface area (TPSA) is 99.9 Å². The van der Waals surface area contributed by atoms with Gasteiger partial charge in [-0.1, -0.05) is 26.8 Å². The van der Waals surface area contributed by atoms with Crippen LogP contribution in [0.3, 0.4) is 0 Å². The quantitative estimate of drug-likeness (QED) is 0.847. The average Bonchev–Trinajstić information content (AvgIpc) is 2.60. The van der Waals surface area contributed by atoms with Crippen molar-refractivity contribution in [1.29, 1.82) is 5.26 Å². The fourth-order valence-corrected chi connectivity index (χ4v) is 2.23. The Hall–Kier alpha value is -3.14. The summed E-state index contributed by atoms with van der Waals surface area (Å²) in [7, 11) is 1.57. The number of aromatic nitrogens is 2. The second-order valence-corrected chi connectivity index (χ2v) is 7.07. The summed E-state index contributed by atoms with van der Waals surface area (Å²) >= 11 is 0. The third kappa shape index (κ3) is 5.74. The number of aryl methyl sites for hydroxylation is 1. The number of ether oxygens (including phenoxy) is 1. The number of nitriles is 1. The van der Waals surface area contributed by atoms with Crippen LogP contribution in [0.1, 0.15) is 38.4 Å². The first-order chi connectivity index (χ1) is 12.3. The molecule has 7 nitrogen and oxygen atoms in total. The van der Waals surface area contributed by atoms with Crippen LogP contribution in [-0.2, 0) is 6.42 Å². The lowest BCUT2D eigenvalue weighted by Gasteiger charge is -2.18. The van der Waals surface area contributed by atoms with E-state index >= 15 is 0 Å².